The molecule has 164 valence electrons. The van der Waals surface area contributed by atoms with Crippen LogP contribution >= 0.6 is 11.8 Å². The minimum atomic E-state index is -0.632. The smallest absolute Gasteiger partial charge is 0.331 e. The summed E-state index contributed by atoms with van der Waals surface area (Å²) in [7, 11) is 2.71. The molecule has 2 aromatic rings. The Kier molecular flexibility index (Phi) is 7.76. The van der Waals surface area contributed by atoms with Crippen molar-refractivity contribution in [1.29, 1.82) is 0 Å². The Morgan fingerprint density at radius 2 is 1.88 bits per heavy atom. The van der Waals surface area contributed by atoms with Crippen molar-refractivity contribution in [2.24, 2.45) is 10.2 Å². The Morgan fingerprint density at radius 1 is 1.09 bits per heavy atom. The van der Waals surface area contributed by atoms with E-state index in [0.717, 1.165) is 17.8 Å². The molecule has 32 heavy (non-hydrogen) atoms. The highest BCUT2D eigenvalue weighted by molar-refractivity contribution is 8.18. The van der Waals surface area contributed by atoms with Crippen LogP contribution in [0.3, 0.4) is 0 Å². The average molecular weight is 453 g/mol. The van der Waals surface area contributed by atoms with Crippen LogP contribution in [0.4, 0.5) is 0 Å². The summed E-state index contributed by atoms with van der Waals surface area (Å²) in [6.45, 7) is -0.125. The lowest BCUT2D eigenvalue weighted by molar-refractivity contribution is -0.135. The van der Waals surface area contributed by atoms with Crippen LogP contribution in [0.5, 0.6) is 11.5 Å². The summed E-state index contributed by atoms with van der Waals surface area (Å²) in [5, 5.41) is 10.6. The maximum atomic E-state index is 12.2. The number of nitrogens with zero attached hydrogens (tertiary/aromatic N) is 2. The first-order valence-electron chi connectivity index (χ1n) is 9.29. The van der Waals surface area contributed by atoms with E-state index in [4.69, 9.17) is 9.47 Å². The van der Waals surface area contributed by atoms with Gasteiger partial charge in [0.15, 0.2) is 29.1 Å². The number of amides is 1. The minimum Gasteiger partial charge on any atom is -0.493 e. The molecule has 0 radical (unpaired) electrons. The maximum absolute atomic E-state index is 12.2. The van der Waals surface area contributed by atoms with Gasteiger partial charge in [-0.25, -0.2) is 4.79 Å². The molecule has 0 aromatic heterocycles. The molecule has 3 rings (SSSR count). The van der Waals surface area contributed by atoms with E-state index in [2.05, 4.69) is 20.3 Å². The number of Topliss-reactive ketones (excluding diaryl/α,β-unsaturated/α-hetero) is 1. The molecule has 1 aliphatic rings. The summed E-state index contributed by atoms with van der Waals surface area (Å²) >= 11 is 0.974. The van der Waals surface area contributed by atoms with Gasteiger partial charge in [-0.1, -0.05) is 30.3 Å². The number of ketones is 1. The molecular formula is C22H19N3O6S. The molecule has 0 unspecified atom stereocenters. The van der Waals surface area contributed by atoms with E-state index in [1.807, 2.05) is 6.07 Å². The van der Waals surface area contributed by atoms with Crippen LogP contribution in [-0.4, -0.2) is 49.9 Å². The van der Waals surface area contributed by atoms with Gasteiger partial charge in [0.05, 0.1) is 25.3 Å². The van der Waals surface area contributed by atoms with Crippen molar-refractivity contribution >= 4 is 40.8 Å². The zero-order chi connectivity index (χ0) is 22.9. The van der Waals surface area contributed by atoms with Gasteiger partial charge in [-0.2, -0.15) is 5.10 Å². The van der Waals surface area contributed by atoms with E-state index in [9.17, 15) is 14.4 Å². The second-order valence-electron chi connectivity index (χ2n) is 6.23. The van der Waals surface area contributed by atoms with Crippen LogP contribution in [0.1, 0.15) is 15.9 Å². The third kappa shape index (κ3) is 6.05. The molecule has 1 amide bonds. The van der Waals surface area contributed by atoms with E-state index >= 15 is 0 Å². The number of carbonyl (C=O) groups excluding carboxylic acids is 3. The first-order chi connectivity index (χ1) is 15.5. The number of carbonyl (C=O) groups is 3. The molecule has 0 aliphatic carbocycles. The van der Waals surface area contributed by atoms with Crippen LogP contribution in [-0.2, 0) is 14.3 Å². The van der Waals surface area contributed by atoms with Crippen LogP contribution in [0.15, 0.2) is 69.7 Å². The Bertz CT molecular complexity index is 1110. The molecular weight excluding hydrogens is 434 g/mol. The Morgan fingerprint density at radius 3 is 2.59 bits per heavy atom. The van der Waals surface area contributed by atoms with Crippen LogP contribution in [0.2, 0.25) is 0 Å². The molecule has 1 fully saturated rings. The van der Waals surface area contributed by atoms with E-state index in [1.54, 1.807) is 42.5 Å². The van der Waals surface area contributed by atoms with Gasteiger partial charge in [0.25, 0.3) is 5.91 Å². The fourth-order valence-corrected chi connectivity index (χ4v) is 3.26. The number of hydrogen-bond donors (Lipinski definition) is 1. The highest BCUT2D eigenvalue weighted by Gasteiger charge is 2.25. The molecule has 1 heterocycles. The third-order valence-corrected chi connectivity index (χ3v) is 5.00. The largest absolute Gasteiger partial charge is 0.493 e. The predicted molar refractivity (Wildman–Crippen MR) is 120 cm³/mol. The molecule has 0 saturated carbocycles. The topological polar surface area (TPSA) is 116 Å². The SMILES string of the molecule is COC(=O)/C=C1/S/C(=N\N=Cc2ccc(OCC(=O)c3ccccc3)c(OC)c2)NC1=O. The van der Waals surface area contributed by atoms with Gasteiger partial charge in [0, 0.05) is 11.6 Å². The number of ether oxygens (including phenoxy) is 3. The first kappa shape index (κ1) is 22.8. The lowest BCUT2D eigenvalue weighted by Crippen LogP contribution is -2.19. The van der Waals surface area contributed by atoms with Crippen molar-refractivity contribution < 1.29 is 28.6 Å². The van der Waals surface area contributed by atoms with E-state index in [-0.39, 0.29) is 22.5 Å². The number of esters is 1. The van der Waals surface area contributed by atoms with Gasteiger partial charge in [-0.05, 0) is 35.5 Å². The van der Waals surface area contributed by atoms with Crippen LogP contribution in [0, 0.1) is 0 Å². The lowest BCUT2D eigenvalue weighted by Gasteiger charge is -2.10. The zero-order valence-electron chi connectivity index (χ0n) is 17.2. The van der Waals surface area contributed by atoms with E-state index < -0.39 is 11.9 Å². The number of rotatable bonds is 8. The monoisotopic (exact) mass is 453 g/mol. The predicted octanol–water partition coefficient (Wildman–Crippen LogP) is 2.57. The van der Waals surface area contributed by atoms with Gasteiger partial charge in [0.2, 0.25) is 0 Å². The normalized spacial score (nSPS) is 15.8. The molecule has 9 nitrogen and oxygen atoms in total. The van der Waals surface area contributed by atoms with Gasteiger partial charge >= 0.3 is 5.97 Å². The molecule has 1 aliphatic heterocycles. The molecule has 2 aromatic carbocycles. The van der Waals surface area contributed by atoms with E-state index in [1.165, 1.54) is 20.4 Å². The summed E-state index contributed by atoms with van der Waals surface area (Å²) in [6, 6.07) is 13.9. The van der Waals surface area contributed by atoms with Crippen molar-refractivity contribution in [3.05, 3.63) is 70.6 Å². The average Bonchev–Trinajstić information content (AvgIpc) is 3.16. The standard InChI is InChI=1S/C22H19N3O6S/c1-29-18-10-14(8-9-17(18)31-13-16(26)15-6-4-3-5-7-15)12-23-25-22-24-21(28)19(32-22)11-20(27)30-2/h3-12H,13H2,1-2H3,(H,24,25,28)/b19-11+,23-12?. The molecule has 0 spiro atoms. The summed E-state index contributed by atoms with van der Waals surface area (Å²) in [6.07, 6.45) is 2.54. The first-order valence-corrected chi connectivity index (χ1v) is 10.1. The summed E-state index contributed by atoms with van der Waals surface area (Å²) in [4.78, 5) is 35.4. The molecule has 0 atom stereocenters. The second kappa shape index (κ2) is 10.9. The van der Waals surface area contributed by atoms with Crippen molar-refractivity contribution in [2.75, 3.05) is 20.8 Å². The molecule has 1 N–H and O–H groups in total. The summed E-state index contributed by atoms with van der Waals surface area (Å²) < 4.78 is 15.4. The zero-order valence-corrected chi connectivity index (χ0v) is 18.0. The Hall–Kier alpha value is -3.92. The van der Waals surface area contributed by atoms with Crippen molar-refractivity contribution in [1.82, 2.24) is 5.32 Å². The fourth-order valence-electron chi connectivity index (χ4n) is 2.52. The Balaban J connectivity index is 1.63. The fraction of sp³-hybridized carbons (Fsp3) is 0.136. The van der Waals surface area contributed by atoms with Crippen LogP contribution < -0.4 is 14.8 Å². The number of hydrogen-bond acceptors (Lipinski definition) is 9. The van der Waals surface area contributed by atoms with Crippen LogP contribution in [0.25, 0.3) is 0 Å². The van der Waals surface area contributed by atoms with E-state index in [0.29, 0.717) is 22.6 Å². The highest BCUT2D eigenvalue weighted by atomic mass is 32.2. The van der Waals surface area contributed by atoms with Gasteiger partial charge in [-0.3, -0.25) is 14.9 Å². The molecule has 1 saturated heterocycles. The number of benzene rings is 2. The highest BCUT2D eigenvalue weighted by Crippen LogP contribution is 2.28. The van der Waals surface area contributed by atoms with Gasteiger partial charge in [-0.15, -0.1) is 5.10 Å². The molecule has 10 heteroatoms. The maximum Gasteiger partial charge on any atom is 0.331 e. The van der Waals surface area contributed by atoms with Crippen molar-refractivity contribution in [2.45, 2.75) is 0 Å². The quantitative estimate of drug-likeness (QED) is 0.215. The number of methoxy groups -OCH3 is 2. The summed E-state index contributed by atoms with van der Waals surface area (Å²) in [5.74, 6) is -0.397. The van der Waals surface area contributed by atoms with Gasteiger partial charge in [0.1, 0.15) is 0 Å². The minimum absolute atomic E-state index is 0.125. The van der Waals surface area contributed by atoms with Crippen molar-refractivity contribution in [3.63, 3.8) is 0 Å². The van der Waals surface area contributed by atoms with Gasteiger partial charge < -0.3 is 14.2 Å². The summed E-state index contributed by atoms with van der Waals surface area (Å²) in [5.41, 5.74) is 1.23. The number of thioether (sulfide) groups is 1. The number of nitrogens with one attached hydrogen (secondary N) is 1. The number of amidine groups is 1. The van der Waals surface area contributed by atoms with Crippen molar-refractivity contribution in [3.8, 4) is 11.5 Å². The third-order valence-electron chi connectivity index (χ3n) is 4.10. The second-order valence-corrected chi connectivity index (χ2v) is 7.26. The Labute approximate surface area is 188 Å². The lowest BCUT2D eigenvalue weighted by atomic mass is 10.1. The molecule has 0 bridgehead atoms.